The van der Waals surface area contributed by atoms with Crippen LogP contribution in [0.15, 0.2) is 19.7 Å². The van der Waals surface area contributed by atoms with Gasteiger partial charge in [0.15, 0.2) is 0 Å². The van der Waals surface area contributed by atoms with E-state index in [1.54, 1.807) is 0 Å². The van der Waals surface area contributed by atoms with Gasteiger partial charge in [-0.3, -0.25) is 0 Å². The van der Waals surface area contributed by atoms with Gasteiger partial charge in [0.1, 0.15) is 0 Å². The van der Waals surface area contributed by atoms with Gasteiger partial charge in [-0.05, 0) is 0 Å². The number of rotatable bonds is 2. The zero-order valence-electron chi connectivity index (χ0n) is 6.46. The fourth-order valence-corrected chi connectivity index (χ4v) is 78.2. The quantitative estimate of drug-likeness (QED) is 0.242. The number of hydrogen-bond acceptors (Lipinski definition) is 0. The number of hydrogen-bond donors (Lipinski definition) is 0. The fraction of sp³-hybridized carbons (Fsp3) is 0. The zero-order valence-corrected chi connectivity index (χ0v) is 23.3. The van der Waals surface area contributed by atoms with Crippen LogP contribution < -0.4 is 24.8 Å². The normalized spacial score (nSPS) is 16.9. The third kappa shape index (κ3) is 6.54. The molecule has 0 bridgehead atoms. The minimum atomic E-state index is -0.0186. The van der Waals surface area contributed by atoms with E-state index in [4.69, 9.17) is 0 Å². The maximum absolute atomic E-state index is 2.62. The summed E-state index contributed by atoms with van der Waals surface area (Å²) in [4.78, 5) is 0. The monoisotopic (exact) mass is 898 g/mol. The van der Waals surface area contributed by atoms with E-state index in [9.17, 15) is 0 Å². The Hall–Kier alpha value is 4.09. The van der Waals surface area contributed by atoms with Crippen molar-refractivity contribution in [2.45, 2.75) is 0 Å². The van der Waals surface area contributed by atoms with Gasteiger partial charge in [0.2, 0.25) is 0 Å². The molecule has 2 heterocycles. The molecule has 2 aliphatic rings. The van der Waals surface area contributed by atoms with Crippen molar-refractivity contribution in [3.63, 3.8) is 0 Å². The smallest absolute Gasteiger partial charge is 1.00 e. The van der Waals surface area contributed by atoms with Gasteiger partial charge in [-0.25, -0.2) is 0 Å². The Balaban J connectivity index is 0.000000720. The van der Waals surface area contributed by atoms with Gasteiger partial charge in [-0.2, -0.15) is 0 Å². The minimum Gasteiger partial charge on any atom is -1.00 e. The predicted molar refractivity (Wildman–Crippen MR) is 54.1 cm³/mol. The standard InChI is InChI=1S/2C3H2.2Bi.2ClH.2Sb.Zr.2H/c2*1-3-2;;;;;;;;;/h2*1,3H;;;2*1H;;;;;/q;;;;;;;;+2;;/p-2. The molecule has 0 nitrogen and oxygen atoms in total. The molecule has 7 heteroatoms. The Morgan fingerprint density at radius 1 is 0.923 bits per heavy atom. The molecule has 0 aliphatic carbocycles. The van der Waals surface area contributed by atoms with Crippen LogP contribution in [0.4, 0.5) is 0 Å². The molecule has 0 aromatic carbocycles. The second kappa shape index (κ2) is 10.0. The molecular weight excluding hydrogens is 896 g/mol. The van der Waals surface area contributed by atoms with Gasteiger partial charge in [0, 0.05) is 0 Å². The summed E-state index contributed by atoms with van der Waals surface area (Å²) in [5, 5.41) is 0. The molecule has 0 atom stereocenters. The fourth-order valence-electron chi connectivity index (χ4n) is 0.791. The van der Waals surface area contributed by atoms with Crippen LogP contribution in [0.3, 0.4) is 0 Å². The Bertz CT molecular complexity index is 260. The molecule has 0 unspecified atom stereocenters. The zero-order chi connectivity index (χ0) is 7.52. The molecular formula is C6H6Bi2Cl2Sb2Zr. The summed E-state index contributed by atoms with van der Waals surface area (Å²) in [6.45, 7) is 0. The molecule has 0 aromatic rings. The van der Waals surface area contributed by atoms with Gasteiger partial charge >= 0.3 is 116 Å². The third-order valence-electron chi connectivity index (χ3n) is 1.26. The molecule has 0 aromatic heterocycles. The van der Waals surface area contributed by atoms with Gasteiger partial charge in [-0.15, -0.1) is 0 Å². The first-order chi connectivity index (χ1) is 5.45. The summed E-state index contributed by atoms with van der Waals surface area (Å²) in [5.41, 5.74) is 0. The van der Waals surface area contributed by atoms with E-state index in [2.05, 4.69) is 22.0 Å². The van der Waals surface area contributed by atoms with Crippen molar-refractivity contribution in [1.29, 1.82) is 0 Å². The summed E-state index contributed by atoms with van der Waals surface area (Å²) in [6, 6.07) is 0. The molecule has 0 N–H and O–H groups in total. The van der Waals surface area contributed by atoms with Gasteiger partial charge in [0.25, 0.3) is 0 Å². The Morgan fingerprint density at radius 2 is 1.38 bits per heavy atom. The van der Waals surface area contributed by atoms with E-state index in [0.29, 0.717) is 33.1 Å². The first-order valence-electron chi connectivity index (χ1n) is 3.22. The Morgan fingerprint density at radius 3 is 1.69 bits per heavy atom. The van der Waals surface area contributed by atoms with Crippen LogP contribution in [-0.4, -0.2) is 73.2 Å². The summed E-state index contributed by atoms with van der Waals surface area (Å²) in [6.07, 6.45) is 5.16. The Labute approximate surface area is 137 Å². The SMILES string of the molecule is [CH]1=C[C]([Zr+2][C]2=[Sb][BiH][CH]=C2)=[Sb][BiH]1.[Cl-].[Cl-]. The minimum absolute atomic E-state index is 0. The summed E-state index contributed by atoms with van der Waals surface area (Å²) >= 11 is 0.783. The average molecular weight is 902 g/mol. The van der Waals surface area contributed by atoms with E-state index < -0.39 is 0 Å². The van der Waals surface area contributed by atoms with E-state index in [-0.39, 0.29) is 85.9 Å². The number of halogens is 2. The van der Waals surface area contributed by atoms with Gasteiger partial charge < -0.3 is 24.8 Å². The van der Waals surface area contributed by atoms with Gasteiger partial charge in [-0.1, -0.05) is 0 Å². The molecule has 0 fully saturated rings. The average Bonchev–Trinajstić information content (AvgIpc) is 2.60. The van der Waals surface area contributed by atoms with E-state index >= 15 is 0 Å². The topological polar surface area (TPSA) is 0 Å². The number of allylic oxidation sites excluding steroid dienone is 2. The van der Waals surface area contributed by atoms with Crippen LogP contribution in [0.25, 0.3) is 0 Å². The Kier molecular flexibility index (Phi) is 13.2. The molecule has 0 amide bonds. The van der Waals surface area contributed by atoms with Crippen molar-refractivity contribution in [3.05, 3.63) is 19.7 Å². The summed E-state index contributed by atoms with van der Waals surface area (Å²) in [7, 11) is 0. The van der Waals surface area contributed by atoms with Crippen LogP contribution >= 0.6 is 0 Å². The van der Waals surface area contributed by atoms with Crippen LogP contribution in [-0.2, 0) is 23.2 Å². The first kappa shape index (κ1) is 17.1. The summed E-state index contributed by atoms with van der Waals surface area (Å²) < 4.78 is 9.46. The van der Waals surface area contributed by atoms with Crippen molar-refractivity contribution in [2.24, 2.45) is 0 Å². The van der Waals surface area contributed by atoms with Crippen molar-refractivity contribution in [1.82, 2.24) is 0 Å². The van der Waals surface area contributed by atoms with Crippen LogP contribution in [0.2, 0.25) is 0 Å². The molecule has 0 spiro atoms. The molecule has 2 aliphatic heterocycles. The first-order valence-corrected chi connectivity index (χ1v) is 38.6. The second-order valence-corrected chi connectivity index (χ2v) is 44.7. The predicted octanol–water partition coefficient (Wildman–Crippen LogP) is -7.50. The van der Waals surface area contributed by atoms with Crippen molar-refractivity contribution in [2.75, 3.05) is 0 Å². The van der Waals surface area contributed by atoms with E-state index in [1.807, 2.05) is 0 Å². The molecule has 68 valence electrons. The molecule has 13 heavy (non-hydrogen) atoms. The van der Waals surface area contributed by atoms with Crippen molar-refractivity contribution in [3.8, 4) is 0 Å². The van der Waals surface area contributed by atoms with E-state index in [1.165, 1.54) is 0 Å². The van der Waals surface area contributed by atoms with Crippen LogP contribution in [0.1, 0.15) is 0 Å². The van der Waals surface area contributed by atoms with Crippen molar-refractivity contribution < 1.29 is 48.0 Å². The second-order valence-electron chi connectivity index (χ2n) is 2.04. The van der Waals surface area contributed by atoms with Crippen LogP contribution in [0.5, 0.6) is 0 Å². The van der Waals surface area contributed by atoms with E-state index in [0.717, 1.165) is 0 Å². The summed E-state index contributed by atoms with van der Waals surface area (Å²) in [5.74, 6) is 0. The third-order valence-corrected chi connectivity index (χ3v) is 71.6. The maximum Gasteiger partial charge on any atom is -1.00 e. The van der Waals surface area contributed by atoms with Crippen molar-refractivity contribution >= 4 is 73.2 Å². The molecule has 2 rings (SSSR count). The maximum atomic E-state index is 2.62. The molecule has 0 radical (unpaired) electrons. The molecule has 0 saturated heterocycles. The largest absolute Gasteiger partial charge is 1.00 e. The van der Waals surface area contributed by atoms with Crippen LogP contribution in [0, 0.1) is 0 Å². The van der Waals surface area contributed by atoms with Gasteiger partial charge in [0.05, 0.1) is 0 Å². The molecule has 0 saturated carbocycles.